The molecular formula is C17H20FN4O5S-. The number of hydrogen-bond acceptors (Lipinski definition) is 8. The van der Waals surface area contributed by atoms with Crippen molar-refractivity contribution < 1.29 is 27.2 Å². The number of halogens is 1. The third-order valence-corrected chi connectivity index (χ3v) is 5.11. The highest BCUT2D eigenvalue weighted by atomic mass is 32.2. The first-order valence-corrected chi connectivity index (χ1v) is 9.94. The first kappa shape index (κ1) is 20.3. The quantitative estimate of drug-likeness (QED) is 0.615. The van der Waals surface area contributed by atoms with Crippen molar-refractivity contribution in [2.45, 2.75) is 38.1 Å². The number of pyridine rings is 1. The Bertz CT molecular complexity index is 888. The zero-order valence-electron chi connectivity index (χ0n) is 15.4. The van der Waals surface area contributed by atoms with E-state index in [1.807, 2.05) is 0 Å². The second kappa shape index (κ2) is 8.31. The summed E-state index contributed by atoms with van der Waals surface area (Å²) in [5.74, 6) is -0.113. The molecule has 2 aromatic heterocycles. The van der Waals surface area contributed by atoms with E-state index in [0.717, 1.165) is 18.4 Å². The van der Waals surface area contributed by atoms with Crippen molar-refractivity contribution in [2.24, 2.45) is 0 Å². The smallest absolute Gasteiger partial charge is 0.270 e. The normalized spacial score (nSPS) is 17.0. The van der Waals surface area contributed by atoms with E-state index in [2.05, 4.69) is 20.4 Å². The molecule has 2 aromatic rings. The number of aryl methyl sites for hydroxylation is 1. The Balaban J connectivity index is 1.86. The van der Waals surface area contributed by atoms with Gasteiger partial charge in [0.05, 0.1) is 0 Å². The zero-order chi connectivity index (χ0) is 20.3. The Morgan fingerprint density at radius 1 is 1.54 bits per heavy atom. The Kier molecular flexibility index (Phi) is 6.04. The average Bonchev–Trinajstić information content (AvgIpc) is 3.38. The molecule has 28 heavy (non-hydrogen) atoms. The van der Waals surface area contributed by atoms with E-state index in [9.17, 15) is 17.9 Å². The van der Waals surface area contributed by atoms with Gasteiger partial charge in [-0.1, -0.05) is 16.2 Å². The Morgan fingerprint density at radius 2 is 2.29 bits per heavy atom. The minimum Gasteiger partial charge on any atom is -0.772 e. The first-order chi connectivity index (χ1) is 13.3. The van der Waals surface area contributed by atoms with E-state index in [1.54, 1.807) is 13.1 Å². The van der Waals surface area contributed by atoms with Gasteiger partial charge in [-0.15, -0.1) is 0 Å². The summed E-state index contributed by atoms with van der Waals surface area (Å²) in [6.45, 7) is 2.25. The fraction of sp³-hybridized carbons (Fsp3) is 0.529. The van der Waals surface area contributed by atoms with Crippen molar-refractivity contribution in [1.82, 2.24) is 20.4 Å². The summed E-state index contributed by atoms with van der Waals surface area (Å²) in [7, 11) is 0. The van der Waals surface area contributed by atoms with Crippen LogP contribution in [0.3, 0.4) is 0 Å². The van der Waals surface area contributed by atoms with Gasteiger partial charge in [-0.2, -0.15) is 4.98 Å². The summed E-state index contributed by atoms with van der Waals surface area (Å²) in [6.07, 6.45) is 3.52. The lowest BCUT2D eigenvalue weighted by Crippen LogP contribution is -2.48. The highest BCUT2D eigenvalue weighted by Gasteiger charge is 2.35. The van der Waals surface area contributed by atoms with Crippen LogP contribution in [0.15, 0.2) is 16.8 Å². The summed E-state index contributed by atoms with van der Waals surface area (Å²) in [5.41, 5.74) is -0.568. The molecule has 0 spiro atoms. The lowest BCUT2D eigenvalue weighted by atomic mass is 10.0. The van der Waals surface area contributed by atoms with Crippen molar-refractivity contribution >= 4 is 17.0 Å². The molecule has 11 heteroatoms. The summed E-state index contributed by atoms with van der Waals surface area (Å²) >= 11 is -2.48. The number of amides is 1. The molecular weight excluding hydrogens is 391 g/mol. The van der Waals surface area contributed by atoms with Crippen LogP contribution in [0.5, 0.6) is 5.75 Å². The molecule has 1 saturated carbocycles. The number of carbonyl (C=O) groups is 1. The highest BCUT2D eigenvalue weighted by molar-refractivity contribution is 7.79. The van der Waals surface area contributed by atoms with Crippen molar-refractivity contribution in [3.63, 3.8) is 0 Å². The number of rotatable bonds is 9. The van der Waals surface area contributed by atoms with Gasteiger partial charge in [-0.05, 0) is 25.7 Å². The average molecular weight is 411 g/mol. The summed E-state index contributed by atoms with van der Waals surface area (Å²) in [5, 5.41) is 6.34. The second-order valence-corrected chi connectivity index (χ2v) is 7.69. The van der Waals surface area contributed by atoms with E-state index in [4.69, 9.17) is 9.26 Å². The molecule has 1 N–H and O–H groups in total. The maximum Gasteiger partial charge on any atom is 0.270 e. The van der Waals surface area contributed by atoms with Gasteiger partial charge in [-0.25, -0.2) is 4.39 Å². The van der Waals surface area contributed by atoms with Crippen LogP contribution in [0.2, 0.25) is 0 Å². The summed E-state index contributed by atoms with van der Waals surface area (Å²) in [6, 6.07) is 1.44. The van der Waals surface area contributed by atoms with Crippen LogP contribution in [0.4, 0.5) is 4.39 Å². The molecule has 0 aromatic carbocycles. The number of nitrogens with one attached hydrogen (secondary N) is 1. The van der Waals surface area contributed by atoms with E-state index in [1.165, 1.54) is 13.0 Å². The van der Waals surface area contributed by atoms with Gasteiger partial charge in [0.2, 0.25) is 5.89 Å². The minimum atomic E-state index is -2.48. The number of alkyl halides is 1. The first-order valence-electron chi connectivity index (χ1n) is 8.70. The second-order valence-electron chi connectivity index (χ2n) is 6.79. The molecule has 9 nitrogen and oxygen atoms in total. The molecule has 0 radical (unpaired) electrons. The molecule has 2 atom stereocenters. The van der Waals surface area contributed by atoms with Crippen LogP contribution in [-0.2, 0) is 16.6 Å². The van der Waals surface area contributed by atoms with E-state index < -0.39 is 35.0 Å². The monoisotopic (exact) mass is 411 g/mol. The lowest BCUT2D eigenvalue weighted by molar-refractivity contribution is 0.0903. The zero-order valence-corrected chi connectivity index (χ0v) is 16.3. The summed E-state index contributed by atoms with van der Waals surface area (Å²) in [4.78, 5) is 21.0. The number of hydrogen-bond donors (Lipinski definition) is 1. The van der Waals surface area contributed by atoms with Crippen LogP contribution in [0.1, 0.15) is 53.5 Å². The van der Waals surface area contributed by atoms with Gasteiger partial charge in [0.25, 0.3) is 5.91 Å². The Hall–Kier alpha value is -2.40. The Morgan fingerprint density at radius 3 is 2.86 bits per heavy atom. The van der Waals surface area contributed by atoms with Gasteiger partial charge in [0, 0.05) is 30.5 Å². The largest absolute Gasteiger partial charge is 0.772 e. The predicted octanol–water partition coefficient (Wildman–Crippen LogP) is 1.52. The third kappa shape index (κ3) is 4.71. The molecule has 3 rings (SSSR count). The van der Waals surface area contributed by atoms with Gasteiger partial charge < -0.3 is 19.1 Å². The van der Waals surface area contributed by atoms with Crippen LogP contribution in [0, 0.1) is 6.92 Å². The fourth-order valence-corrected chi connectivity index (χ4v) is 3.45. The van der Waals surface area contributed by atoms with Gasteiger partial charge >= 0.3 is 0 Å². The predicted molar refractivity (Wildman–Crippen MR) is 95.3 cm³/mol. The number of ether oxygens (including phenoxy) is 1. The molecule has 0 saturated heterocycles. The van der Waals surface area contributed by atoms with E-state index >= 15 is 0 Å². The highest BCUT2D eigenvalue weighted by Crippen LogP contribution is 2.44. The van der Waals surface area contributed by atoms with Crippen LogP contribution >= 0.6 is 0 Å². The molecule has 2 heterocycles. The van der Waals surface area contributed by atoms with Crippen LogP contribution in [-0.4, -0.2) is 48.8 Å². The molecule has 1 amide bonds. The molecule has 1 aliphatic rings. The van der Waals surface area contributed by atoms with Gasteiger partial charge in [-0.3, -0.25) is 14.0 Å². The molecule has 1 fully saturated rings. The standard InChI is InChI=1S/C17H21FN4O5S/c1-10-20-16(22-27-10)17(2,9-28(24)25)21-15(23)13-7-14(26-6-5-18)12(8-19-13)11-3-4-11/h7-8,11H,3-6,9H2,1-2H3,(H,21,23)(H,24,25)/p-1. The van der Waals surface area contributed by atoms with Crippen LogP contribution < -0.4 is 10.1 Å². The van der Waals surface area contributed by atoms with Crippen molar-refractivity contribution in [2.75, 3.05) is 19.0 Å². The van der Waals surface area contributed by atoms with E-state index in [-0.39, 0.29) is 24.0 Å². The number of aromatic nitrogens is 3. The minimum absolute atomic E-state index is 0.0152. The number of carbonyl (C=O) groups excluding carboxylic acids is 1. The Labute approximate surface area is 163 Å². The fourth-order valence-electron chi connectivity index (χ4n) is 2.78. The molecule has 2 unspecified atom stereocenters. The SMILES string of the molecule is Cc1nc(C(C)(CS(=O)[O-])NC(=O)c2cc(OCCF)c(C3CC3)cn2)no1. The maximum atomic E-state index is 12.8. The summed E-state index contributed by atoms with van der Waals surface area (Å²) < 4.78 is 45.5. The number of nitrogens with zero attached hydrogens (tertiary/aromatic N) is 3. The van der Waals surface area contributed by atoms with Gasteiger partial charge in [0.15, 0.2) is 5.82 Å². The van der Waals surface area contributed by atoms with Crippen LogP contribution in [0.25, 0.3) is 0 Å². The third-order valence-electron chi connectivity index (χ3n) is 4.30. The molecule has 0 bridgehead atoms. The maximum absolute atomic E-state index is 12.8. The van der Waals surface area contributed by atoms with E-state index in [0.29, 0.717) is 11.7 Å². The van der Waals surface area contributed by atoms with Crippen molar-refractivity contribution in [1.29, 1.82) is 0 Å². The molecule has 152 valence electrons. The van der Waals surface area contributed by atoms with Crippen molar-refractivity contribution in [3.8, 4) is 5.75 Å². The topological polar surface area (TPSA) is 130 Å². The molecule has 1 aliphatic carbocycles. The van der Waals surface area contributed by atoms with Gasteiger partial charge in [0.1, 0.15) is 30.3 Å². The van der Waals surface area contributed by atoms with Crippen molar-refractivity contribution in [3.05, 3.63) is 35.2 Å². The molecule has 0 aliphatic heterocycles. The lowest BCUT2D eigenvalue weighted by Gasteiger charge is -2.28.